The summed E-state index contributed by atoms with van der Waals surface area (Å²) in [5.41, 5.74) is 2.28. The van der Waals surface area contributed by atoms with E-state index in [1.54, 1.807) is 6.20 Å². The van der Waals surface area contributed by atoms with Crippen molar-refractivity contribution in [2.24, 2.45) is 0 Å². The fourth-order valence-electron chi connectivity index (χ4n) is 3.71. The van der Waals surface area contributed by atoms with Crippen LogP contribution in [0.3, 0.4) is 0 Å². The molecule has 0 aliphatic rings. The highest BCUT2D eigenvalue weighted by Gasteiger charge is 2.40. The zero-order chi connectivity index (χ0) is 20.1. The minimum atomic E-state index is -0.781. The molecule has 4 aromatic rings. The topological polar surface area (TPSA) is 44.1 Å². The van der Waals surface area contributed by atoms with Gasteiger partial charge in [-0.1, -0.05) is 97.6 Å². The lowest BCUT2D eigenvalue weighted by Gasteiger charge is -2.37. The van der Waals surface area contributed by atoms with Gasteiger partial charge in [0.05, 0.1) is 0 Å². The van der Waals surface area contributed by atoms with Crippen LogP contribution in [0.25, 0.3) is 0 Å². The Hall–Kier alpha value is -3.92. The third-order valence-corrected chi connectivity index (χ3v) is 4.90. The molecule has 0 aliphatic carbocycles. The predicted octanol–water partition coefficient (Wildman–Crippen LogP) is 4.81. The first-order valence-electron chi connectivity index (χ1n) is 9.31. The lowest BCUT2D eigenvalue weighted by atomic mass is 9.76. The van der Waals surface area contributed by atoms with E-state index in [9.17, 15) is 4.79 Å². The number of nitrogens with zero attached hydrogens (tertiary/aromatic N) is 2. The Morgan fingerprint density at radius 1 is 0.828 bits per heavy atom. The lowest BCUT2D eigenvalue weighted by Crippen LogP contribution is -2.38. The van der Waals surface area contributed by atoms with Crippen LogP contribution in [0.4, 0.5) is 0 Å². The number of carbonyl (C=O) groups is 1. The van der Waals surface area contributed by atoms with Gasteiger partial charge in [-0.2, -0.15) is 0 Å². The normalized spacial score (nSPS) is 11.0. The maximum Gasteiger partial charge on any atom is 0.337 e. The quantitative estimate of drug-likeness (QED) is 0.274. The molecule has 0 bridgehead atoms. The molecule has 0 amide bonds. The molecule has 0 fully saturated rings. The number of imidazole rings is 1. The Balaban J connectivity index is 2.09. The number of aromatic nitrogens is 2. The summed E-state index contributed by atoms with van der Waals surface area (Å²) >= 11 is 0. The van der Waals surface area contributed by atoms with E-state index in [2.05, 4.69) is 48.0 Å². The van der Waals surface area contributed by atoms with Gasteiger partial charge < -0.3 is 4.74 Å². The molecule has 0 N–H and O–H groups in total. The highest BCUT2D eigenvalue weighted by Crippen LogP contribution is 2.42. The van der Waals surface area contributed by atoms with Crippen molar-refractivity contribution < 1.29 is 9.53 Å². The van der Waals surface area contributed by atoms with Crippen molar-refractivity contribution in [2.45, 2.75) is 5.54 Å². The van der Waals surface area contributed by atoms with Gasteiger partial charge in [-0.25, -0.2) is 9.78 Å². The second-order valence-corrected chi connectivity index (χ2v) is 6.51. The van der Waals surface area contributed by atoms with Gasteiger partial charge >= 0.3 is 12.0 Å². The van der Waals surface area contributed by atoms with Crippen molar-refractivity contribution in [3.8, 4) is 6.01 Å². The number of benzene rings is 3. The van der Waals surface area contributed by atoms with Crippen molar-refractivity contribution in [2.75, 3.05) is 0 Å². The van der Waals surface area contributed by atoms with Crippen LogP contribution >= 0.6 is 0 Å². The van der Waals surface area contributed by atoms with E-state index < -0.39 is 11.5 Å². The molecule has 4 rings (SSSR count). The summed E-state index contributed by atoms with van der Waals surface area (Å²) in [5.74, 6) is -0.555. The Kier molecular flexibility index (Phi) is 5.08. The van der Waals surface area contributed by atoms with E-state index in [-0.39, 0.29) is 6.01 Å². The summed E-state index contributed by atoms with van der Waals surface area (Å²) in [5, 5.41) is 0. The summed E-state index contributed by atoms with van der Waals surface area (Å²) < 4.78 is 7.40. The predicted molar refractivity (Wildman–Crippen MR) is 113 cm³/mol. The number of esters is 1. The number of ether oxygens (including phenoxy) is 1. The molecule has 1 aromatic heterocycles. The fraction of sp³-hybridized carbons (Fsp3) is 0.0400. The third kappa shape index (κ3) is 3.25. The standard InChI is InChI=1S/C25H20N2O2/c1-2-23(28)29-24-26-18-19-27(24)25(20-12-6-3-7-13-20,21-14-8-4-9-15-21)22-16-10-5-11-17-22/h2-19H,1H2. The van der Waals surface area contributed by atoms with Gasteiger partial charge in [0, 0.05) is 18.5 Å². The molecule has 0 aliphatic heterocycles. The van der Waals surface area contributed by atoms with Crippen LogP contribution in [0.15, 0.2) is 116 Å². The van der Waals surface area contributed by atoms with Crippen molar-refractivity contribution in [1.82, 2.24) is 9.55 Å². The number of carbonyl (C=O) groups excluding carboxylic acids is 1. The van der Waals surface area contributed by atoms with E-state index >= 15 is 0 Å². The summed E-state index contributed by atoms with van der Waals surface area (Å²) in [6.07, 6.45) is 4.60. The monoisotopic (exact) mass is 380 g/mol. The molecule has 1 heterocycles. The number of hydrogen-bond acceptors (Lipinski definition) is 3. The number of hydrogen-bond donors (Lipinski definition) is 0. The first-order chi connectivity index (χ1) is 14.3. The van der Waals surface area contributed by atoms with Crippen molar-refractivity contribution in [3.05, 3.63) is 133 Å². The zero-order valence-electron chi connectivity index (χ0n) is 15.8. The average molecular weight is 380 g/mol. The summed E-state index contributed by atoms with van der Waals surface area (Å²) in [6, 6.07) is 30.6. The Bertz CT molecular complexity index is 1010. The van der Waals surface area contributed by atoms with E-state index in [1.165, 1.54) is 0 Å². The van der Waals surface area contributed by atoms with Crippen LogP contribution in [-0.4, -0.2) is 15.5 Å². The van der Waals surface area contributed by atoms with Crippen molar-refractivity contribution >= 4 is 5.97 Å². The van der Waals surface area contributed by atoms with E-state index in [0.29, 0.717) is 0 Å². The van der Waals surface area contributed by atoms with Crippen LogP contribution in [0.5, 0.6) is 6.01 Å². The molecular weight excluding hydrogens is 360 g/mol. The molecular formula is C25H20N2O2. The minimum Gasteiger partial charge on any atom is -0.389 e. The van der Waals surface area contributed by atoms with E-state index in [1.807, 2.05) is 65.4 Å². The van der Waals surface area contributed by atoms with Crippen LogP contribution in [-0.2, 0) is 10.3 Å². The highest BCUT2D eigenvalue weighted by molar-refractivity contribution is 5.82. The Morgan fingerprint density at radius 2 is 1.28 bits per heavy atom. The average Bonchev–Trinajstić information content (AvgIpc) is 3.25. The van der Waals surface area contributed by atoms with E-state index in [4.69, 9.17) is 4.74 Å². The Labute approximate surface area is 169 Å². The molecule has 4 nitrogen and oxygen atoms in total. The smallest absolute Gasteiger partial charge is 0.337 e. The summed E-state index contributed by atoms with van der Waals surface area (Å²) in [4.78, 5) is 16.3. The maximum absolute atomic E-state index is 12.0. The van der Waals surface area contributed by atoms with Gasteiger partial charge in [0.15, 0.2) is 0 Å². The van der Waals surface area contributed by atoms with Crippen LogP contribution in [0.1, 0.15) is 16.7 Å². The minimum absolute atomic E-state index is 0.200. The molecule has 3 aromatic carbocycles. The molecule has 0 atom stereocenters. The van der Waals surface area contributed by atoms with Crippen molar-refractivity contribution in [1.29, 1.82) is 0 Å². The Morgan fingerprint density at radius 3 is 1.69 bits per heavy atom. The van der Waals surface area contributed by atoms with E-state index in [0.717, 1.165) is 22.8 Å². The SMILES string of the molecule is C=CC(=O)Oc1nccn1C(c1ccccc1)(c1ccccc1)c1ccccc1. The molecule has 4 heteroatoms. The largest absolute Gasteiger partial charge is 0.389 e. The molecule has 0 spiro atoms. The molecule has 0 radical (unpaired) electrons. The summed E-state index contributed by atoms with van der Waals surface area (Å²) in [6.45, 7) is 3.50. The van der Waals surface area contributed by atoms with Gasteiger partial charge in [-0.15, -0.1) is 0 Å². The van der Waals surface area contributed by atoms with Gasteiger partial charge in [0.2, 0.25) is 0 Å². The molecule has 142 valence electrons. The first-order valence-corrected chi connectivity index (χ1v) is 9.31. The van der Waals surface area contributed by atoms with Crippen LogP contribution < -0.4 is 4.74 Å². The first kappa shape index (κ1) is 18.4. The summed E-state index contributed by atoms with van der Waals surface area (Å²) in [7, 11) is 0. The second-order valence-electron chi connectivity index (χ2n) is 6.51. The highest BCUT2D eigenvalue weighted by atomic mass is 16.5. The van der Waals surface area contributed by atoms with Crippen molar-refractivity contribution in [3.63, 3.8) is 0 Å². The van der Waals surface area contributed by atoms with Gasteiger partial charge in [0.1, 0.15) is 5.54 Å². The fourth-order valence-corrected chi connectivity index (χ4v) is 3.71. The van der Waals surface area contributed by atoms with Gasteiger partial charge in [-0.05, 0) is 16.7 Å². The third-order valence-electron chi connectivity index (χ3n) is 4.90. The molecule has 0 saturated heterocycles. The van der Waals surface area contributed by atoms with Gasteiger partial charge in [0.25, 0.3) is 0 Å². The molecule has 0 unspecified atom stereocenters. The maximum atomic E-state index is 12.0. The zero-order valence-corrected chi connectivity index (χ0v) is 15.8. The lowest BCUT2D eigenvalue weighted by molar-refractivity contribution is -0.129. The van der Waals surface area contributed by atoms with Crippen LogP contribution in [0, 0.1) is 0 Å². The molecule has 0 saturated carbocycles. The number of rotatable bonds is 6. The molecule has 29 heavy (non-hydrogen) atoms. The van der Waals surface area contributed by atoms with Crippen LogP contribution in [0.2, 0.25) is 0 Å². The second kappa shape index (κ2) is 7.98. The van der Waals surface area contributed by atoms with Gasteiger partial charge in [-0.3, -0.25) is 4.57 Å².